The molecule has 0 atom stereocenters. The van der Waals surface area contributed by atoms with Crippen LogP contribution in [0.5, 0.6) is 0 Å². The molecule has 0 spiro atoms. The average Bonchev–Trinajstić information content (AvgIpc) is 3.36. The summed E-state index contributed by atoms with van der Waals surface area (Å²) in [4.78, 5) is 0. The molecule has 63 heavy (non-hydrogen) atoms. The van der Waals surface area contributed by atoms with Crippen molar-refractivity contribution in [3.8, 4) is 66.8 Å². The second kappa shape index (κ2) is 18.8. The maximum Gasteiger partial charge on any atom is -0.00262 e. The van der Waals surface area contributed by atoms with Crippen molar-refractivity contribution in [3.63, 3.8) is 0 Å². The Labute approximate surface area is 371 Å². The molecule has 11 rings (SSSR count). The molecular weight excluding hydrogens is 759 g/mol. The molecule has 0 aliphatic rings. The molecule has 0 aromatic heterocycles. The van der Waals surface area contributed by atoms with Crippen LogP contribution in [0.4, 0.5) is 0 Å². The van der Waals surface area contributed by atoms with E-state index in [0.717, 1.165) is 0 Å². The number of fused-ring (bicyclic) bond motifs is 4. The van der Waals surface area contributed by atoms with E-state index in [1.807, 2.05) is 13.8 Å². The first-order valence-electron chi connectivity index (χ1n) is 21.6. The summed E-state index contributed by atoms with van der Waals surface area (Å²) in [6, 6.07) is 84.5. The molecule has 0 aliphatic heterocycles. The normalized spacial score (nSPS) is 10.7. The first-order valence-corrected chi connectivity index (χ1v) is 21.6. The zero-order valence-corrected chi connectivity index (χ0v) is 36.1. The first-order chi connectivity index (χ1) is 30.7. The van der Waals surface area contributed by atoms with Crippen LogP contribution in [-0.4, -0.2) is 0 Å². The van der Waals surface area contributed by atoms with Gasteiger partial charge < -0.3 is 6.15 Å². The van der Waals surface area contributed by atoms with Gasteiger partial charge in [-0.15, -0.1) is 13.2 Å². The number of hydrogen-bond donors (Lipinski definition) is 1. The third kappa shape index (κ3) is 8.19. The highest BCUT2D eigenvalue weighted by atomic mass is 14.2. The molecule has 1 heteroatoms. The minimum absolute atomic E-state index is 0. The molecule has 0 saturated heterocycles. The summed E-state index contributed by atoms with van der Waals surface area (Å²) < 4.78 is 0. The molecule has 11 aromatic rings. The Balaban J connectivity index is 0.00000106. The van der Waals surface area contributed by atoms with Crippen LogP contribution in [0.25, 0.3) is 110 Å². The number of hydrogen-bond acceptors (Lipinski definition) is 1. The Morgan fingerprint density at radius 3 is 1.03 bits per heavy atom. The van der Waals surface area contributed by atoms with E-state index in [9.17, 15) is 0 Å². The highest BCUT2D eigenvalue weighted by Gasteiger charge is 2.17. The topological polar surface area (TPSA) is 35.0 Å². The molecule has 0 amide bonds. The van der Waals surface area contributed by atoms with Crippen LogP contribution in [0.15, 0.2) is 244 Å². The van der Waals surface area contributed by atoms with Gasteiger partial charge in [0.15, 0.2) is 0 Å². The molecule has 0 fully saturated rings. The van der Waals surface area contributed by atoms with Gasteiger partial charge in [-0.05, 0) is 140 Å². The van der Waals surface area contributed by atoms with Gasteiger partial charge in [-0.1, -0.05) is 214 Å². The van der Waals surface area contributed by atoms with Crippen LogP contribution in [0.2, 0.25) is 0 Å². The summed E-state index contributed by atoms with van der Waals surface area (Å²) >= 11 is 0. The second-order valence-electron chi connectivity index (χ2n) is 15.3. The molecule has 0 heterocycles. The highest BCUT2D eigenvalue weighted by Crippen LogP contribution is 2.45. The fourth-order valence-electron chi connectivity index (χ4n) is 8.92. The number of benzene rings is 11. The molecule has 0 unspecified atom stereocenters. The van der Waals surface area contributed by atoms with Gasteiger partial charge in [0.05, 0.1) is 0 Å². The molecule has 304 valence electrons. The summed E-state index contributed by atoms with van der Waals surface area (Å²) in [6.45, 7) is 10.0. The Kier molecular flexibility index (Phi) is 12.5. The van der Waals surface area contributed by atoms with Crippen molar-refractivity contribution >= 4 is 43.1 Å². The summed E-state index contributed by atoms with van der Waals surface area (Å²) in [7, 11) is 0. The van der Waals surface area contributed by atoms with E-state index in [1.165, 1.54) is 110 Å². The van der Waals surface area contributed by atoms with Crippen molar-refractivity contribution in [2.75, 3.05) is 0 Å². The molecule has 0 saturated carbocycles. The zero-order valence-electron chi connectivity index (χ0n) is 36.1. The first kappa shape index (κ1) is 41.9. The van der Waals surface area contributed by atoms with Crippen LogP contribution in [0.3, 0.4) is 0 Å². The van der Waals surface area contributed by atoms with Gasteiger partial charge in [-0.2, -0.15) is 0 Å². The van der Waals surface area contributed by atoms with E-state index in [0.29, 0.717) is 0 Å². The summed E-state index contributed by atoms with van der Waals surface area (Å²) in [5, 5.41) is 10.0. The third-order valence-electron chi connectivity index (χ3n) is 11.8. The van der Waals surface area contributed by atoms with E-state index in [4.69, 9.17) is 0 Å². The molecular formula is C62H51N. The van der Waals surface area contributed by atoms with Gasteiger partial charge in [-0.3, -0.25) is 0 Å². The monoisotopic (exact) mass is 809 g/mol. The average molecular weight is 810 g/mol. The second-order valence-corrected chi connectivity index (χ2v) is 15.3. The van der Waals surface area contributed by atoms with Gasteiger partial charge in [0.25, 0.3) is 0 Å². The minimum Gasteiger partial charge on any atom is -0.344 e. The van der Waals surface area contributed by atoms with Crippen molar-refractivity contribution in [3.05, 3.63) is 244 Å². The van der Waals surface area contributed by atoms with Crippen molar-refractivity contribution in [1.82, 2.24) is 6.15 Å². The van der Waals surface area contributed by atoms with Gasteiger partial charge in [0, 0.05) is 0 Å². The Morgan fingerprint density at radius 1 is 0.222 bits per heavy atom. The molecule has 0 radical (unpaired) electrons. The van der Waals surface area contributed by atoms with Crippen molar-refractivity contribution in [2.24, 2.45) is 0 Å². The summed E-state index contributed by atoms with van der Waals surface area (Å²) in [5.74, 6) is 0. The van der Waals surface area contributed by atoms with Crippen molar-refractivity contribution in [2.45, 2.75) is 13.8 Å². The van der Waals surface area contributed by atoms with E-state index < -0.39 is 0 Å². The predicted molar refractivity (Wildman–Crippen MR) is 277 cm³/mol. The smallest absolute Gasteiger partial charge is 0.00262 e. The lowest BCUT2D eigenvalue weighted by atomic mass is 9.85. The molecule has 11 aromatic carbocycles. The van der Waals surface area contributed by atoms with Crippen molar-refractivity contribution < 1.29 is 0 Å². The minimum atomic E-state index is 0. The van der Waals surface area contributed by atoms with Crippen LogP contribution in [0, 0.1) is 0 Å². The fraction of sp³-hybridized carbons (Fsp3) is 0.0323. The fourth-order valence-corrected chi connectivity index (χ4v) is 8.92. The predicted octanol–water partition coefficient (Wildman–Crippen LogP) is 18.3. The lowest BCUT2D eigenvalue weighted by molar-refractivity contribution is 1.50. The van der Waals surface area contributed by atoms with Gasteiger partial charge in [0.1, 0.15) is 0 Å². The summed E-state index contributed by atoms with van der Waals surface area (Å²) in [6.07, 6.45) is 0. The van der Waals surface area contributed by atoms with Crippen LogP contribution in [-0.2, 0) is 0 Å². The number of rotatable bonds is 6. The third-order valence-corrected chi connectivity index (χ3v) is 11.8. The zero-order chi connectivity index (χ0) is 42.4. The highest BCUT2D eigenvalue weighted by molar-refractivity contribution is 6.21. The van der Waals surface area contributed by atoms with Gasteiger partial charge >= 0.3 is 0 Å². The molecule has 0 bridgehead atoms. The van der Waals surface area contributed by atoms with Gasteiger partial charge in [0.2, 0.25) is 0 Å². The van der Waals surface area contributed by atoms with Crippen LogP contribution in [0.1, 0.15) is 13.8 Å². The molecule has 3 N–H and O–H groups in total. The maximum atomic E-state index is 3.00. The molecule has 1 nitrogen and oxygen atoms in total. The van der Waals surface area contributed by atoms with Crippen LogP contribution < -0.4 is 6.15 Å². The molecule has 0 aliphatic carbocycles. The van der Waals surface area contributed by atoms with E-state index in [-0.39, 0.29) is 6.15 Å². The quantitative estimate of drug-likeness (QED) is 0.132. The van der Waals surface area contributed by atoms with Crippen molar-refractivity contribution in [1.29, 1.82) is 0 Å². The largest absolute Gasteiger partial charge is 0.344 e. The standard InChI is InChI=1S/C58H38.C2H6.C2H4.H3N/c1-2-12-39(13-3-1)47-30-31-51-37-49(32-33-50(51)36-47)45-17-10-16-44(34-45)41-24-27-42(28-25-41)57-53-20-6-8-22-55(53)58(56-23-9-7-21-54(56)57)52-19-11-18-46(38-52)48-29-26-40-14-4-5-15-43(40)35-48;2*1-2;/h1-38H;1-2H3;1-2H2;1H3. The van der Waals surface area contributed by atoms with E-state index in [2.05, 4.69) is 244 Å². The Hall–Kier alpha value is -7.84. The van der Waals surface area contributed by atoms with E-state index >= 15 is 0 Å². The SMILES string of the molecule is C=C.CC.N.c1ccc(-c2ccc3cc(-c4cccc(-c5ccc(-c6c7ccccc7c(-c7cccc(-c8ccc9ccccc9c8)c7)c7ccccc67)cc5)c4)ccc3c2)cc1. The Morgan fingerprint density at radius 2 is 0.508 bits per heavy atom. The lowest BCUT2D eigenvalue weighted by Crippen LogP contribution is -1.91. The van der Waals surface area contributed by atoms with Gasteiger partial charge in [-0.25, -0.2) is 0 Å². The van der Waals surface area contributed by atoms with Crippen LogP contribution >= 0.6 is 0 Å². The maximum absolute atomic E-state index is 3.00. The van der Waals surface area contributed by atoms with E-state index in [1.54, 1.807) is 0 Å². The Bertz CT molecular complexity index is 3280. The lowest BCUT2D eigenvalue weighted by Gasteiger charge is -2.18. The summed E-state index contributed by atoms with van der Waals surface area (Å²) in [5.41, 5.74) is 14.8.